The molecule has 20 heavy (non-hydrogen) atoms. The highest BCUT2D eigenvalue weighted by atomic mass is 16.5. The fourth-order valence-electron chi connectivity index (χ4n) is 2.99. The van der Waals surface area contributed by atoms with E-state index in [1.165, 1.54) is 17.7 Å². The van der Waals surface area contributed by atoms with Crippen LogP contribution >= 0.6 is 0 Å². The number of rotatable bonds is 3. The van der Waals surface area contributed by atoms with Crippen LogP contribution in [0, 0.1) is 0 Å². The largest absolute Gasteiger partial charge is 0.480 e. The van der Waals surface area contributed by atoms with Crippen LogP contribution in [0.1, 0.15) is 19.3 Å². The highest BCUT2D eigenvalue weighted by molar-refractivity contribution is 5.83. The average Bonchev–Trinajstić information content (AvgIpc) is 3.19. The molecule has 3 aliphatic rings. The number of hydrogen-bond donors (Lipinski definition) is 2. The summed E-state index contributed by atoms with van der Waals surface area (Å²) in [5.41, 5.74) is 0. The van der Waals surface area contributed by atoms with E-state index in [2.05, 4.69) is 10.2 Å². The smallest absolute Gasteiger partial charge is 0.328 e. The van der Waals surface area contributed by atoms with Gasteiger partial charge in [-0.05, 0) is 19.3 Å². The molecule has 2 heterocycles. The minimum Gasteiger partial charge on any atom is -0.480 e. The van der Waals surface area contributed by atoms with E-state index in [0.717, 1.165) is 19.5 Å². The number of urea groups is 1. The van der Waals surface area contributed by atoms with Gasteiger partial charge in [-0.1, -0.05) is 0 Å². The van der Waals surface area contributed by atoms with Crippen molar-refractivity contribution in [3.05, 3.63) is 0 Å². The van der Waals surface area contributed by atoms with E-state index in [9.17, 15) is 9.59 Å². The summed E-state index contributed by atoms with van der Waals surface area (Å²) in [5, 5.41) is 12.1. The lowest BCUT2D eigenvalue weighted by atomic mass is 10.2. The first-order valence-corrected chi connectivity index (χ1v) is 7.27. The molecule has 0 spiro atoms. The van der Waals surface area contributed by atoms with Crippen molar-refractivity contribution in [2.75, 3.05) is 32.8 Å². The molecular formula is C13H21N3O4. The first kappa shape index (κ1) is 13.6. The number of ether oxygens (including phenoxy) is 1. The number of hydrogen-bond acceptors (Lipinski definition) is 4. The molecule has 7 heteroatoms. The summed E-state index contributed by atoms with van der Waals surface area (Å²) in [6.07, 6.45) is 3.49. The summed E-state index contributed by atoms with van der Waals surface area (Å²) in [5.74, 6) is -1.01. The van der Waals surface area contributed by atoms with Crippen LogP contribution < -0.4 is 5.32 Å². The Morgan fingerprint density at radius 1 is 1.20 bits per heavy atom. The van der Waals surface area contributed by atoms with Gasteiger partial charge in [-0.3, -0.25) is 4.90 Å². The van der Waals surface area contributed by atoms with E-state index in [0.29, 0.717) is 19.2 Å². The van der Waals surface area contributed by atoms with Gasteiger partial charge in [-0.25, -0.2) is 9.59 Å². The average molecular weight is 283 g/mol. The van der Waals surface area contributed by atoms with Gasteiger partial charge in [0.05, 0.1) is 13.2 Å². The summed E-state index contributed by atoms with van der Waals surface area (Å²) in [6, 6.07) is -0.291. The molecule has 0 aromatic carbocycles. The quantitative estimate of drug-likeness (QED) is 0.744. The van der Waals surface area contributed by atoms with Crippen LogP contribution in [0.5, 0.6) is 0 Å². The van der Waals surface area contributed by atoms with E-state index in [1.54, 1.807) is 0 Å². The monoisotopic (exact) mass is 283 g/mol. The van der Waals surface area contributed by atoms with Gasteiger partial charge in [0.15, 0.2) is 6.04 Å². The molecule has 1 saturated carbocycles. The van der Waals surface area contributed by atoms with Gasteiger partial charge in [-0.15, -0.1) is 0 Å². The van der Waals surface area contributed by atoms with Gasteiger partial charge >= 0.3 is 12.0 Å². The third-order valence-corrected chi connectivity index (χ3v) is 4.28. The van der Waals surface area contributed by atoms with Crippen LogP contribution in [0.3, 0.4) is 0 Å². The standard InChI is InChI=1S/C13H21N3O4/c17-12(18)11-8-20-6-5-16(11)13(19)14-9-3-4-15(7-9)10-1-2-10/h9-11H,1-8H2,(H,14,19)(H,17,18). The van der Waals surface area contributed by atoms with Gasteiger partial charge in [-0.2, -0.15) is 0 Å². The van der Waals surface area contributed by atoms with E-state index in [4.69, 9.17) is 9.84 Å². The molecule has 0 bridgehead atoms. The minimum atomic E-state index is -1.01. The topological polar surface area (TPSA) is 82.1 Å². The molecule has 1 aliphatic carbocycles. The molecule has 2 saturated heterocycles. The minimum absolute atomic E-state index is 0.0711. The third kappa shape index (κ3) is 2.88. The molecule has 0 radical (unpaired) electrons. The first-order valence-electron chi connectivity index (χ1n) is 7.27. The highest BCUT2D eigenvalue weighted by Crippen LogP contribution is 2.29. The Bertz CT molecular complexity index is 399. The molecule has 2 amide bonds. The van der Waals surface area contributed by atoms with E-state index < -0.39 is 12.0 Å². The number of carbonyl (C=O) groups excluding carboxylic acids is 1. The van der Waals surface area contributed by atoms with Crippen molar-refractivity contribution in [3.63, 3.8) is 0 Å². The van der Waals surface area contributed by atoms with Crippen LogP contribution in [-0.2, 0) is 9.53 Å². The fraction of sp³-hybridized carbons (Fsp3) is 0.846. The van der Waals surface area contributed by atoms with Crippen LogP contribution in [0.15, 0.2) is 0 Å². The van der Waals surface area contributed by atoms with Crippen LogP contribution in [0.4, 0.5) is 4.79 Å². The molecule has 3 fully saturated rings. The number of nitrogens with one attached hydrogen (secondary N) is 1. The number of carboxylic acids is 1. The molecule has 2 unspecified atom stereocenters. The summed E-state index contributed by atoms with van der Waals surface area (Å²) >= 11 is 0. The van der Waals surface area contributed by atoms with Gasteiger partial charge in [0.1, 0.15) is 0 Å². The number of morpholine rings is 1. The number of carbonyl (C=O) groups is 2. The van der Waals surface area contributed by atoms with Crippen molar-refractivity contribution in [2.45, 2.75) is 37.4 Å². The molecule has 0 aromatic heterocycles. The maximum atomic E-state index is 12.2. The van der Waals surface area contributed by atoms with Crippen molar-refractivity contribution in [3.8, 4) is 0 Å². The molecule has 3 rings (SSSR count). The van der Waals surface area contributed by atoms with Crippen LogP contribution in [0.2, 0.25) is 0 Å². The molecular weight excluding hydrogens is 262 g/mol. The van der Waals surface area contributed by atoms with E-state index >= 15 is 0 Å². The van der Waals surface area contributed by atoms with Crippen molar-refractivity contribution in [1.82, 2.24) is 15.1 Å². The predicted molar refractivity (Wildman–Crippen MR) is 70.5 cm³/mol. The second-order valence-electron chi connectivity index (χ2n) is 5.78. The Morgan fingerprint density at radius 3 is 2.70 bits per heavy atom. The normalized spacial score (nSPS) is 31.3. The van der Waals surface area contributed by atoms with Gasteiger partial charge in [0.2, 0.25) is 0 Å². The number of aliphatic carboxylic acids is 1. The van der Waals surface area contributed by atoms with Crippen LogP contribution in [-0.4, -0.2) is 77.9 Å². The maximum absolute atomic E-state index is 12.2. The fourth-order valence-corrected chi connectivity index (χ4v) is 2.99. The summed E-state index contributed by atoms with van der Waals surface area (Å²) in [7, 11) is 0. The Kier molecular flexibility index (Phi) is 3.80. The highest BCUT2D eigenvalue weighted by Gasteiger charge is 2.37. The maximum Gasteiger partial charge on any atom is 0.328 e. The summed E-state index contributed by atoms with van der Waals surface area (Å²) in [6.45, 7) is 2.72. The molecule has 2 aliphatic heterocycles. The zero-order chi connectivity index (χ0) is 14.1. The van der Waals surface area contributed by atoms with Crippen molar-refractivity contribution < 1.29 is 19.4 Å². The number of amides is 2. The predicted octanol–water partition coefficient (Wildman–Crippen LogP) is -0.282. The number of nitrogens with zero attached hydrogens (tertiary/aromatic N) is 2. The zero-order valence-electron chi connectivity index (χ0n) is 11.5. The Hall–Kier alpha value is -1.34. The van der Waals surface area contributed by atoms with E-state index in [1.807, 2.05) is 0 Å². The lowest BCUT2D eigenvalue weighted by Gasteiger charge is -2.33. The van der Waals surface area contributed by atoms with Crippen LogP contribution in [0.25, 0.3) is 0 Å². The number of likely N-dealkylation sites (tertiary alicyclic amines) is 1. The molecule has 2 N–H and O–H groups in total. The Balaban J connectivity index is 1.53. The summed E-state index contributed by atoms with van der Waals surface area (Å²) in [4.78, 5) is 27.2. The SMILES string of the molecule is O=C(O)C1COCCN1C(=O)NC1CCN(C2CC2)C1. The van der Waals surface area contributed by atoms with Crippen molar-refractivity contribution in [1.29, 1.82) is 0 Å². The van der Waals surface area contributed by atoms with Gasteiger partial charge < -0.3 is 20.1 Å². The second kappa shape index (κ2) is 5.57. The third-order valence-electron chi connectivity index (χ3n) is 4.28. The van der Waals surface area contributed by atoms with Crippen molar-refractivity contribution >= 4 is 12.0 Å². The molecule has 7 nitrogen and oxygen atoms in total. The number of carboxylic acid groups (broad SMARTS) is 1. The molecule has 2 atom stereocenters. The first-order chi connectivity index (χ1) is 9.65. The van der Waals surface area contributed by atoms with Gasteiger partial charge in [0, 0.05) is 31.7 Å². The zero-order valence-corrected chi connectivity index (χ0v) is 11.5. The lowest BCUT2D eigenvalue weighted by molar-refractivity contribution is -0.147. The lowest BCUT2D eigenvalue weighted by Crippen LogP contribution is -2.57. The van der Waals surface area contributed by atoms with E-state index in [-0.39, 0.29) is 18.7 Å². The Labute approximate surface area is 117 Å². The molecule has 112 valence electrons. The molecule has 0 aromatic rings. The Morgan fingerprint density at radius 2 is 2.00 bits per heavy atom. The van der Waals surface area contributed by atoms with Gasteiger partial charge in [0.25, 0.3) is 0 Å². The van der Waals surface area contributed by atoms with Crippen molar-refractivity contribution in [2.24, 2.45) is 0 Å². The second-order valence-corrected chi connectivity index (χ2v) is 5.78. The summed E-state index contributed by atoms with van der Waals surface area (Å²) < 4.78 is 5.14.